The highest BCUT2D eigenvalue weighted by atomic mass is 35.5. The van der Waals surface area contributed by atoms with E-state index in [0.29, 0.717) is 29.7 Å². The van der Waals surface area contributed by atoms with Gasteiger partial charge in [0.1, 0.15) is 0 Å². The van der Waals surface area contributed by atoms with Crippen LogP contribution in [0.1, 0.15) is 31.9 Å². The molecule has 0 aliphatic carbocycles. The van der Waals surface area contributed by atoms with Gasteiger partial charge in [0.15, 0.2) is 0 Å². The van der Waals surface area contributed by atoms with Crippen LogP contribution < -0.4 is 5.32 Å². The molecule has 120 valence electrons. The third-order valence-corrected chi connectivity index (χ3v) is 5.52. The van der Waals surface area contributed by atoms with Gasteiger partial charge in [0.25, 0.3) is 0 Å². The molecule has 7 heteroatoms. The van der Waals surface area contributed by atoms with Crippen molar-refractivity contribution in [3.63, 3.8) is 0 Å². The first-order chi connectivity index (χ1) is 9.77. The van der Waals surface area contributed by atoms with Gasteiger partial charge in [-0.25, -0.2) is 12.7 Å². The average molecular weight is 353 g/mol. The molecule has 1 N–H and O–H groups in total. The van der Waals surface area contributed by atoms with E-state index in [4.69, 9.17) is 23.2 Å². The number of hydrogen-bond donors (Lipinski definition) is 1. The van der Waals surface area contributed by atoms with E-state index in [1.54, 1.807) is 6.07 Å². The van der Waals surface area contributed by atoms with Gasteiger partial charge in [-0.3, -0.25) is 0 Å². The summed E-state index contributed by atoms with van der Waals surface area (Å²) in [5.41, 5.74) is 0.944. The molecule has 0 radical (unpaired) electrons. The van der Waals surface area contributed by atoms with Crippen molar-refractivity contribution in [3.05, 3.63) is 33.8 Å². The van der Waals surface area contributed by atoms with Gasteiger partial charge in [0, 0.05) is 19.1 Å². The Morgan fingerprint density at radius 3 is 2.57 bits per heavy atom. The first-order valence-electron chi connectivity index (χ1n) is 6.89. The van der Waals surface area contributed by atoms with E-state index in [2.05, 4.69) is 5.32 Å². The van der Waals surface area contributed by atoms with E-state index in [1.807, 2.05) is 26.0 Å². The largest absolute Gasteiger partial charge is 0.310 e. The van der Waals surface area contributed by atoms with Crippen LogP contribution in [0.4, 0.5) is 0 Å². The predicted molar refractivity (Wildman–Crippen MR) is 89.6 cm³/mol. The highest BCUT2D eigenvalue weighted by molar-refractivity contribution is 7.88. The monoisotopic (exact) mass is 352 g/mol. The second kappa shape index (κ2) is 8.34. The fourth-order valence-electron chi connectivity index (χ4n) is 2.10. The summed E-state index contributed by atoms with van der Waals surface area (Å²) in [6, 6.07) is 5.61. The summed E-state index contributed by atoms with van der Waals surface area (Å²) in [7, 11) is -3.11. The number of sulfonamides is 1. The Labute approximate surface area is 137 Å². The third-order valence-electron chi connectivity index (χ3n) is 3.30. The molecular weight excluding hydrogens is 331 g/mol. The summed E-state index contributed by atoms with van der Waals surface area (Å²) >= 11 is 12.2. The Morgan fingerprint density at radius 2 is 2.00 bits per heavy atom. The van der Waals surface area contributed by atoms with Crippen molar-refractivity contribution < 1.29 is 8.42 Å². The van der Waals surface area contributed by atoms with Crippen molar-refractivity contribution in [2.45, 2.75) is 26.3 Å². The SMILES string of the molecule is CCN(CCCNC(C)c1cccc(Cl)c1Cl)S(C)(=O)=O. The van der Waals surface area contributed by atoms with Crippen molar-refractivity contribution in [2.24, 2.45) is 0 Å². The quantitative estimate of drug-likeness (QED) is 0.730. The van der Waals surface area contributed by atoms with E-state index >= 15 is 0 Å². The Kier molecular flexibility index (Phi) is 7.44. The molecule has 0 aromatic heterocycles. The first kappa shape index (κ1) is 18.7. The van der Waals surface area contributed by atoms with Crippen LogP contribution in [0, 0.1) is 0 Å². The van der Waals surface area contributed by atoms with Crippen molar-refractivity contribution in [3.8, 4) is 0 Å². The first-order valence-corrected chi connectivity index (χ1v) is 9.50. The lowest BCUT2D eigenvalue weighted by molar-refractivity contribution is 0.413. The molecule has 0 bridgehead atoms. The smallest absolute Gasteiger partial charge is 0.211 e. The molecule has 4 nitrogen and oxygen atoms in total. The van der Waals surface area contributed by atoms with Gasteiger partial charge in [0.05, 0.1) is 16.3 Å². The number of rotatable bonds is 8. The highest BCUT2D eigenvalue weighted by Crippen LogP contribution is 2.29. The van der Waals surface area contributed by atoms with Crippen molar-refractivity contribution in [1.29, 1.82) is 0 Å². The molecule has 0 aliphatic heterocycles. The summed E-state index contributed by atoms with van der Waals surface area (Å²) < 4.78 is 24.4. The molecule has 0 amide bonds. The van der Waals surface area contributed by atoms with Crippen molar-refractivity contribution in [2.75, 3.05) is 25.9 Å². The fraction of sp³-hybridized carbons (Fsp3) is 0.571. The Balaban J connectivity index is 2.47. The van der Waals surface area contributed by atoms with E-state index in [1.165, 1.54) is 10.6 Å². The minimum atomic E-state index is -3.11. The van der Waals surface area contributed by atoms with E-state index in [-0.39, 0.29) is 6.04 Å². The molecule has 1 atom stereocenters. The number of halogens is 2. The standard InChI is InChI=1S/C14H22Cl2N2O2S/c1-4-18(21(3,19)20)10-6-9-17-11(2)12-7-5-8-13(15)14(12)16/h5,7-8,11,17H,4,6,9-10H2,1-3H3. The van der Waals surface area contributed by atoms with Crippen LogP contribution in [-0.4, -0.2) is 38.6 Å². The summed E-state index contributed by atoms with van der Waals surface area (Å²) in [6.07, 6.45) is 1.97. The molecule has 0 spiro atoms. The molecular formula is C14H22Cl2N2O2S. The number of nitrogens with one attached hydrogen (secondary N) is 1. The number of benzene rings is 1. The van der Waals surface area contributed by atoms with Crippen LogP contribution in [0.25, 0.3) is 0 Å². The van der Waals surface area contributed by atoms with E-state index in [9.17, 15) is 8.42 Å². The summed E-state index contributed by atoms with van der Waals surface area (Å²) in [6.45, 7) is 5.55. The van der Waals surface area contributed by atoms with Crippen LogP contribution in [0.15, 0.2) is 18.2 Å². The molecule has 0 saturated heterocycles. The topological polar surface area (TPSA) is 49.4 Å². The van der Waals surface area contributed by atoms with Gasteiger partial charge < -0.3 is 5.32 Å². The molecule has 21 heavy (non-hydrogen) atoms. The van der Waals surface area contributed by atoms with Crippen molar-refractivity contribution in [1.82, 2.24) is 9.62 Å². The minimum Gasteiger partial charge on any atom is -0.310 e. The van der Waals surface area contributed by atoms with Crippen LogP contribution >= 0.6 is 23.2 Å². The van der Waals surface area contributed by atoms with Crippen LogP contribution in [0.5, 0.6) is 0 Å². The zero-order valence-electron chi connectivity index (χ0n) is 12.6. The Morgan fingerprint density at radius 1 is 1.33 bits per heavy atom. The maximum Gasteiger partial charge on any atom is 0.211 e. The van der Waals surface area contributed by atoms with Gasteiger partial charge in [-0.15, -0.1) is 0 Å². The zero-order valence-corrected chi connectivity index (χ0v) is 14.9. The van der Waals surface area contributed by atoms with Crippen LogP contribution in [0.3, 0.4) is 0 Å². The second-order valence-corrected chi connectivity index (χ2v) is 7.69. The Bertz CT molecular complexity index is 564. The number of nitrogens with zero attached hydrogens (tertiary/aromatic N) is 1. The van der Waals surface area contributed by atoms with Gasteiger partial charge in [-0.05, 0) is 31.5 Å². The lowest BCUT2D eigenvalue weighted by atomic mass is 10.1. The molecule has 0 fully saturated rings. The normalized spacial score (nSPS) is 13.6. The van der Waals surface area contributed by atoms with E-state index < -0.39 is 10.0 Å². The maximum absolute atomic E-state index is 11.5. The lowest BCUT2D eigenvalue weighted by Gasteiger charge is -2.19. The molecule has 0 aliphatic rings. The average Bonchev–Trinajstić information content (AvgIpc) is 2.40. The lowest BCUT2D eigenvalue weighted by Crippen LogP contribution is -2.32. The molecule has 1 unspecified atom stereocenters. The third kappa shape index (κ3) is 5.75. The second-order valence-electron chi connectivity index (χ2n) is 4.93. The highest BCUT2D eigenvalue weighted by Gasteiger charge is 2.14. The zero-order chi connectivity index (χ0) is 16.0. The molecule has 0 saturated carbocycles. The van der Waals surface area contributed by atoms with Crippen LogP contribution in [-0.2, 0) is 10.0 Å². The number of hydrogen-bond acceptors (Lipinski definition) is 3. The summed E-state index contributed by atoms with van der Waals surface area (Å²) in [5, 5.41) is 4.43. The van der Waals surface area contributed by atoms with E-state index in [0.717, 1.165) is 12.0 Å². The minimum absolute atomic E-state index is 0.0597. The van der Waals surface area contributed by atoms with Gasteiger partial charge in [-0.1, -0.05) is 42.3 Å². The van der Waals surface area contributed by atoms with Gasteiger partial charge in [0.2, 0.25) is 10.0 Å². The van der Waals surface area contributed by atoms with Gasteiger partial charge >= 0.3 is 0 Å². The van der Waals surface area contributed by atoms with Gasteiger partial charge in [-0.2, -0.15) is 0 Å². The van der Waals surface area contributed by atoms with Crippen LogP contribution in [0.2, 0.25) is 10.0 Å². The fourth-order valence-corrected chi connectivity index (χ4v) is 3.50. The molecule has 1 rings (SSSR count). The summed E-state index contributed by atoms with van der Waals surface area (Å²) in [5.74, 6) is 0. The Hall–Kier alpha value is -0.330. The molecule has 1 aromatic rings. The van der Waals surface area contributed by atoms with Crippen molar-refractivity contribution >= 4 is 33.2 Å². The molecule has 0 heterocycles. The maximum atomic E-state index is 11.5. The molecule has 1 aromatic carbocycles. The summed E-state index contributed by atoms with van der Waals surface area (Å²) in [4.78, 5) is 0. The predicted octanol–water partition coefficient (Wildman–Crippen LogP) is 3.32.